The van der Waals surface area contributed by atoms with Crippen molar-refractivity contribution in [2.75, 3.05) is 0 Å². The molecule has 0 aliphatic rings. The molecule has 4 aromatic carbocycles. The van der Waals surface area contributed by atoms with E-state index in [1.807, 2.05) is 48.5 Å². The summed E-state index contributed by atoms with van der Waals surface area (Å²) in [6.07, 6.45) is 0.242. The van der Waals surface area contributed by atoms with Gasteiger partial charge in [0, 0.05) is 17.5 Å². The number of hydrogen-bond donors (Lipinski definition) is 2. The Morgan fingerprint density at radius 1 is 0.452 bits per heavy atom. The van der Waals surface area contributed by atoms with Crippen molar-refractivity contribution in [3.05, 3.63) is 83.9 Å². The molecule has 2 N–H and O–H groups in total. The van der Waals surface area contributed by atoms with Crippen LogP contribution in [0.2, 0.25) is 0 Å². The maximum Gasteiger partial charge on any atom is 0.121 e. The molecular formula is C25H16N4O2. The predicted octanol–water partition coefficient (Wildman–Crippen LogP) is 4.88. The first-order valence-corrected chi connectivity index (χ1v) is 9.92. The summed E-state index contributed by atoms with van der Waals surface area (Å²) in [6, 6.07) is 22.0. The van der Waals surface area contributed by atoms with Crippen LogP contribution in [0.4, 0.5) is 0 Å². The number of aromatic hydroxyl groups is 2. The minimum Gasteiger partial charge on any atom is -0.508 e. The number of phenols is 2. The smallest absolute Gasteiger partial charge is 0.121 e. The highest BCUT2D eigenvalue weighted by molar-refractivity contribution is 5.92. The summed E-state index contributed by atoms with van der Waals surface area (Å²) in [5, 5.41) is 21.4. The second kappa shape index (κ2) is 6.60. The third-order valence-electron chi connectivity index (χ3n) is 5.54. The van der Waals surface area contributed by atoms with Crippen molar-refractivity contribution < 1.29 is 10.2 Å². The van der Waals surface area contributed by atoms with Gasteiger partial charge in [0.2, 0.25) is 0 Å². The average molecular weight is 404 g/mol. The Labute approximate surface area is 176 Å². The quantitative estimate of drug-likeness (QED) is 0.400. The average Bonchev–Trinajstić information content (AvgIpc) is 2.80. The maximum atomic E-state index is 10.7. The topological polar surface area (TPSA) is 92.0 Å². The molecule has 31 heavy (non-hydrogen) atoms. The summed E-state index contributed by atoms with van der Waals surface area (Å²) in [6.45, 7) is 0. The SMILES string of the molecule is Oc1ccc2nc3ccccc3nc2c1Cc1c(O)ccc2nc3ccccc3nc12. The highest BCUT2D eigenvalue weighted by Gasteiger charge is 2.17. The molecular weight excluding hydrogens is 388 g/mol. The van der Waals surface area contributed by atoms with Gasteiger partial charge in [0.1, 0.15) is 11.5 Å². The molecule has 148 valence electrons. The molecule has 0 amide bonds. The number of para-hydroxylation sites is 4. The Kier molecular flexibility index (Phi) is 3.73. The molecule has 0 saturated heterocycles. The van der Waals surface area contributed by atoms with E-state index < -0.39 is 0 Å². The van der Waals surface area contributed by atoms with Gasteiger partial charge in [0.15, 0.2) is 0 Å². The van der Waals surface area contributed by atoms with Gasteiger partial charge in [-0.05, 0) is 48.5 Å². The summed E-state index contributed by atoms with van der Waals surface area (Å²) in [7, 11) is 0. The molecule has 6 heteroatoms. The van der Waals surface area contributed by atoms with Crippen LogP contribution in [-0.2, 0) is 6.42 Å². The van der Waals surface area contributed by atoms with Crippen LogP contribution >= 0.6 is 0 Å². The van der Waals surface area contributed by atoms with Crippen LogP contribution in [0.5, 0.6) is 11.5 Å². The van der Waals surface area contributed by atoms with Gasteiger partial charge in [-0.1, -0.05) is 24.3 Å². The van der Waals surface area contributed by atoms with Gasteiger partial charge in [-0.25, -0.2) is 19.9 Å². The number of benzene rings is 4. The largest absolute Gasteiger partial charge is 0.508 e. The number of rotatable bonds is 2. The van der Waals surface area contributed by atoms with Crippen molar-refractivity contribution >= 4 is 44.1 Å². The molecule has 0 radical (unpaired) electrons. The van der Waals surface area contributed by atoms with Crippen LogP contribution in [0, 0.1) is 0 Å². The van der Waals surface area contributed by atoms with E-state index in [1.165, 1.54) is 0 Å². The van der Waals surface area contributed by atoms with Crippen molar-refractivity contribution in [1.29, 1.82) is 0 Å². The van der Waals surface area contributed by atoms with Gasteiger partial charge < -0.3 is 10.2 Å². The third kappa shape index (κ3) is 2.80. The van der Waals surface area contributed by atoms with Gasteiger partial charge in [-0.15, -0.1) is 0 Å². The van der Waals surface area contributed by atoms with E-state index >= 15 is 0 Å². The fourth-order valence-electron chi connectivity index (χ4n) is 3.99. The summed E-state index contributed by atoms with van der Waals surface area (Å²) in [5.74, 6) is 0.199. The lowest BCUT2D eigenvalue weighted by Crippen LogP contribution is -1.99. The van der Waals surface area contributed by atoms with Crippen LogP contribution in [0.1, 0.15) is 11.1 Å². The summed E-state index contributed by atoms with van der Waals surface area (Å²) in [5.41, 5.74) is 6.82. The summed E-state index contributed by atoms with van der Waals surface area (Å²) < 4.78 is 0. The van der Waals surface area contributed by atoms with Gasteiger partial charge >= 0.3 is 0 Å². The first kappa shape index (κ1) is 17.5. The molecule has 0 atom stereocenters. The number of phenolic OH excluding ortho intramolecular Hbond substituents is 2. The van der Waals surface area contributed by atoms with Crippen molar-refractivity contribution in [3.8, 4) is 11.5 Å². The van der Waals surface area contributed by atoms with Gasteiger partial charge in [0.25, 0.3) is 0 Å². The standard InChI is InChI=1S/C25H16N4O2/c30-22-11-9-20-24(28-18-7-3-1-5-16(18)26-20)14(22)13-15-23(31)12-10-21-25(15)29-19-8-4-2-6-17(19)27-21/h1-12,30-31H,13H2. The molecule has 0 aliphatic carbocycles. The summed E-state index contributed by atoms with van der Waals surface area (Å²) >= 11 is 0. The van der Waals surface area contributed by atoms with Gasteiger partial charge in [0.05, 0.1) is 44.1 Å². The molecule has 2 heterocycles. The van der Waals surface area contributed by atoms with E-state index in [1.54, 1.807) is 24.3 Å². The highest BCUT2D eigenvalue weighted by Crippen LogP contribution is 2.34. The van der Waals surface area contributed by atoms with Crippen molar-refractivity contribution in [2.45, 2.75) is 6.42 Å². The Bertz CT molecular complexity index is 1520. The fourth-order valence-corrected chi connectivity index (χ4v) is 3.99. The van der Waals surface area contributed by atoms with E-state index in [-0.39, 0.29) is 17.9 Å². The monoisotopic (exact) mass is 404 g/mol. The van der Waals surface area contributed by atoms with Crippen LogP contribution < -0.4 is 0 Å². The van der Waals surface area contributed by atoms with Crippen LogP contribution in [0.15, 0.2) is 72.8 Å². The van der Waals surface area contributed by atoms with E-state index in [9.17, 15) is 10.2 Å². The normalized spacial score (nSPS) is 11.6. The molecule has 0 fully saturated rings. The fraction of sp³-hybridized carbons (Fsp3) is 0.0400. The molecule has 6 nitrogen and oxygen atoms in total. The number of hydrogen-bond acceptors (Lipinski definition) is 6. The van der Waals surface area contributed by atoms with Crippen LogP contribution in [-0.4, -0.2) is 30.1 Å². The summed E-state index contributed by atoms with van der Waals surface area (Å²) in [4.78, 5) is 18.9. The van der Waals surface area contributed by atoms with Crippen molar-refractivity contribution in [2.24, 2.45) is 0 Å². The molecule has 0 aliphatic heterocycles. The zero-order chi connectivity index (χ0) is 20.9. The molecule has 6 rings (SSSR count). The van der Waals surface area contributed by atoms with Gasteiger partial charge in [-0.3, -0.25) is 0 Å². The lowest BCUT2D eigenvalue weighted by Gasteiger charge is -2.12. The Morgan fingerprint density at radius 3 is 1.26 bits per heavy atom. The van der Waals surface area contributed by atoms with E-state index in [0.29, 0.717) is 33.2 Å². The Balaban J connectivity index is 1.61. The second-order valence-electron chi connectivity index (χ2n) is 7.46. The first-order valence-electron chi connectivity index (χ1n) is 9.92. The van der Waals surface area contributed by atoms with E-state index in [2.05, 4.69) is 9.97 Å². The van der Waals surface area contributed by atoms with Crippen molar-refractivity contribution in [1.82, 2.24) is 19.9 Å². The number of nitrogens with zero attached hydrogens (tertiary/aromatic N) is 4. The second-order valence-corrected chi connectivity index (χ2v) is 7.46. The number of fused-ring (bicyclic) bond motifs is 4. The number of aromatic nitrogens is 4. The third-order valence-corrected chi connectivity index (χ3v) is 5.54. The molecule has 6 aromatic rings. The lowest BCUT2D eigenvalue weighted by atomic mass is 9.99. The van der Waals surface area contributed by atoms with E-state index in [0.717, 1.165) is 22.1 Å². The zero-order valence-corrected chi connectivity index (χ0v) is 16.3. The molecule has 0 bridgehead atoms. The maximum absolute atomic E-state index is 10.7. The van der Waals surface area contributed by atoms with Crippen LogP contribution in [0.3, 0.4) is 0 Å². The van der Waals surface area contributed by atoms with Gasteiger partial charge in [-0.2, -0.15) is 0 Å². The zero-order valence-electron chi connectivity index (χ0n) is 16.3. The molecule has 0 spiro atoms. The first-order chi connectivity index (χ1) is 15.2. The molecule has 2 aromatic heterocycles. The Morgan fingerprint density at radius 2 is 0.839 bits per heavy atom. The minimum absolute atomic E-state index is 0.0993. The van der Waals surface area contributed by atoms with Crippen LogP contribution in [0.25, 0.3) is 44.1 Å². The molecule has 0 unspecified atom stereocenters. The highest BCUT2D eigenvalue weighted by atomic mass is 16.3. The predicted molar refractivity (Wildman–Crippen MR) is 120 cm³/mol. The van der Waals surface area contributed by atoms with E-state index in [4.69, 9.17) is 9.97 Å². The Hall–Kier alpha value is -4.32. The lowest BCUT2D eigenvalue weighted by molar-refractivity contribution is 0.464. The molecule has 0 saturated carbocycles. The minimum atomic E-state index is 0.0993. The van der Waals surface area contributed by atoms with Crippen molar-refractivity contribution in [3.63, 3.8) is 0 Å².